The third-order valence-electron chi connectivity index (χ3n) is 0.911. The van der Waals surface area contributed by atoms with Crippen LogP contribution in [0.1, 0.15) is 0 Å². The summed E-state index contributed by atoms with van der Waals surface area (Å²) < 4.78 is 20.3. The third-order valence-corrected chi connectivity index (χ3v) is 1.72. The third kappa shape index (κ3) is 9.18. The molecule has 7 nitrogen and oxygen atoms in total. The van der Waals surface area contributed by atoms with Crippen molar-refractivity contribution in [3.8, 4) is 0 Å². The Morgan fingerprint density at radius 2 is 1.50 bits per heavy atom. The molecule has 0 unspecified atom stereocenters. The SMILES string of the molecule is CO/N=C/CO[PH](=O)OC/C=N/OC. The summed E-state index contributed by atoms with van der Waals surface area (Å²) in [6.07, 6.45) is 2.66. The van der Waals surface area contributed by atoms with Crippen molar-refractivity contribution in [2.24, 2.45) is 10.3 Å². The lowest BCUT2D eigenvalue weighted by atomic mass is 10.8. The predicted octanol–water partition coefficient (Wildman–Crippen LogP) is 0.674. The van der Waals surface area contributed by atoms with Crippen molar-refractivity contribution in [2.75, 3.05) is 27.4 Å². The molecule has 0 aromatic carbocycles. The van der Waals surface area contributed by atoms with E-state index in [0.29, 0.717) is 0 Å². The van der Waals surface area contributed by atoms with E-state index in [1.807, 2.05) is 0 Å². The van der Waals surface area contributed by atoms with Crippen LogP contribution in [0.15, 0.2) is 10.3 Å². The Morgan fingerprint density at radius 1 is 1.07 bits per heavy atom. The number of nitrogens with zero attached hydrogens (tertiary/aromatic N) is 2. The van der Waals surface area contributed by atoms with Crippen molar-refractivity contribution in [3.05, 3.63) is 0 Å². The molecule has 8 heteroatoms. The van der Waals surface area contributed by atoms with Crippen molar-refractivity contribution in [2.45, 2.75) is 0 Å². The van der Waals surface area contributed by atoms with E-state index in [9.17, 15) is 4.57 Å². The smallest absolute Gasteiger partial charge is 0.319 e. The molecule has 0 bridgehead atoms. The van der Waals surface area contributed by atoms with Crippen LogP contribution < -0.4 is 0 Å². The van der Waals surface area contributed by atoms with Crippen LogP contribution >= 0.6 is 8.25 Å². The lowest BCUT2D eigenvalue weighted by molar-refractivity contribution is 0.208. The van der Waals surface area contributed by atoms with Gasteiger partial charge < -0.3 is 18.7 Å². The molecule has 0 rings (SSSR count). The molecule has 0 spiro atoms. The molecule has 0 fully saturated rings. The molecule has 0 aromatic rings. The topological polar surface area (TPSA) is 78.7 Å². The summed E-state index contributed by atoms with van der Waals surface area (Å²) in [7, 11) is 0.306. The Hall–Kier alpha value is -0.910. The van der Waals surface area contributed by atoms with Crippen molar-refractivity contribution >= 4 is 20.7 Å². The molecule has 0 radical (unpaired) electrons. The van der Waals surface area contributed by atoms with Gasteiger partial charge in [0.1, 0.15) is 14.2 Å². The van der Waals surface area contributed by atoms with Crippen molar-refractivity contribution in [3.63, 3.8) is 0 Å². The van der Waals surface area contributed by atoms with Gasteiger partial charge in [-0.3, -0.25) is 4.57 Å². The van der Waals surface area contributed by atoms with Crippen molar-refractivity contribution < 1.29 is 23.3 Å². The molecular weight excluding hydrogens is 211 g/mol. The Morgan fingerprint density at radius 3 is 1.86 bits per heavy atom. The van der Waals surface area contributed by atoms with E-state index >= 15 is 0 Å². The largest absolute Gasteiger partial charge is 0.399 e. The van der Waals surface area contributed by atoms with E-state index in [1.54, 1.807) is 0 Å². The van der Waals surface area contributed by atoms with E-state index in [1.165, 1.54) is 26.6 Å². The van der Waals surface area contributed by atoms with Gasteiger partial charge in [-0.25, -0.2) is 0 Å². The van der Waals surface area contributed by atoms with Gasteiger partial charge in [0.15, 0.2) is 0 Å². The van der Waals surface area contributed by atoms with Gasteiger partial charge in [-0.2, -0.15) is 0 Å². The van der Waals surface area contributed by atoms with Gasteiger partial charge >= 0.3 is 8.25 Å². The van der Waals surface area contributed by atoms with Crippen molar-refractivity contribution in [1.29, 1.82) is 0 Å². The highest BCUT2D eigenvalue weighted by Crippen LogP contribution is 2.21. The second kappa shape index (κ2) is 10.2. The Balaban J connectivity index is 3.37. The van der Waals surface area contributed by atoms with Crippen LogP contribution in [0.25, 0.3) is 0 Å². The van der Waals surface area contributed by atoms with Gasteiger partial charge in [-0.1, -0.05) is 10.3 Å². The minimum absolute atomic E-state index is 0.0764. The Bertz CT molecular complexity index is 188. The minimum atomic E-state index is -2.49. The number of hydrogen-bond donors (Lipinski definition) is 0. The van der Waals surface area contributed by atoms with E-state index in [4.69, 9.17) is 9.05 Å². The van der Waals surface area contributed by atoms with Crippen molar-refractivity contribution in [1.82, 2.24) is 0 Å². The molecular formula is C6H13N2O5P. The maximum absolute atomic E-state index is 10.9. The number of rotatable bonds is 8. The van der Waals surface area contributed by atoms with Crippen LogP contribution in [0, 0.1) is 0 Å². The summed E-state index contributed by atoms with van der Waals surface area (Å²) in [5, 5.41) is 6.76. The fraction of sp³-hybridized carbons (Fsp3) is 0.667. The highest BCUT2D eigenvalue weighted by molar-refractivity contribution is 7.33. The van der Waals surface area contributed by atoms with Crippen LogP contribution in [0.2, 0.25) is 0 Å². The molecule has 0 atom stereocenters. The zero-order chi connectivity index (χ0) is 10.6. The van der Waals surface area contributed by atoms with Crippen LogP contribution in [0.3, 0.4) is 0 Å². The van der Waals surface area contributed by atoms with E-state index < -0.39 is 8.25 Å². The van der Waals surface area contributed by atoms with Gasteiger partial charge in [-0.15, -0.1) is 0 Å². The summed E-state index contributed by atoms with van der Waals surface area (Å²) in [5.41, 5.74) is 0. The van der Waals surface area contributed by atoms with Gasteiger partial charge in [-0.05, 0) is 0 Å². The fourth-order valence-electron chi connectivity index (χ4n) is 0.462. The molecule has 0 saturated carbocycles. The maximum Gasteiger partial charge on any atom is 0.319 e. The second-order valence-corrected chi connectivity index (χ2v) is 2.89. The molecule has 0 aromatic heterocycles. The molecule has 0 aliphatic rings. The Kier molecular flexibility index (Phi) is 9.51. The quantitative estimate of drug-likeness (QED) is 0.344. The fourth-order valence-corrected chi connectivity index (χ4v) is 0.967. The van der Waals surface area contributed by atoms with Gasteiger partial charge in [0.2, 0.25) is 0 Å². The first-order valence-electron chi connectivity index (χ1n) is 3.70. The van der Waals surface area contributed by atoms with Gasteiger partial charge in [0.05, 0.1) is 25.6 Å². The molecule has 0 heterocycles. The highest BCUT2D eigenvalue weighted by atomic mass is 31.1. The summed E-state index contributed by atoms with van der Waals surface area (Å²) >= 11 is 0. The molecule has 82 valence electrons. The molecule has 0 aliphatic heterocycles. The van der Waals surface area contributed by atoms with Crippen LogP contribution in [-0.4, -0.2) is 39.9 Å². The zero-order valence-electron chi connectivity index (χ0n) is 8.00. The second-order valence-electron chi connectivity index (χ2n) is 1.81. The molecule has 0 saturated heterocycles. The first-order valence-corrected chi connectivity index (χ1v) is 4.93. The maximum atomic E-state index is 10.9. The van der Waals surface area contributed by atoms with Crippen LogP contribution in [-0.2, 0) is 23.3 Å². The highest BCUT2D eigenvalue weighted by Gasteiger charge is 1.95. The van der Waals surface area contributed by atoms with E-state index in [2.05, 4.69) is 20.0 Å². The van der Waals surface area contributed by atoms with E-state index in [-0.39, 0.29) is 13.2 Å². The normalized spacial score (nSPS) is 11.6. The standard InChI is InChI=1S/C6H13N2O5P/c1-10-7-3-5-12-14(9)13-6-4-8-11-2/h3-4,14H,5-6H2,1-2H3/b7-3+,8-4+. The van der Waals surface area contributed by atoms with E-state index in [0.717, 1.165) is 0 Å². The van der Waals surface area contributed by atoms with Crippen LogP contribution in [0.4, 0.5) is 0 Å². The lowest BCUT2D eigenvalue weighted by Gasteiger charge is -1.99. The number of oxime groups is 2. The summed E-state index contributed by atoms with van der Waals surface area (Å²) in [5.74, 6) is 0. The summed E-state index contributed by atoms with van der Waals surface area (Å²) in [6.45, 7) is 0.153. The van der Waals surface area contributed by atoms with Gasteiger partial charge in [0, 0.05) is 0 Å². The number of hydrogen-bond acceptors (Lipinski definition) is 7. The first-order chi connectivity index (χ1) is 6.81. The molecule has 0 amide bonds. The summed E-state index contributed by atoms with van der Waals surface area (Å²) in [6, 6.07) is 0. The summed E-state index contributed by atoms with van der Waals surface area (Å²) in [4.78, 5) is 8.71. The monoisotopic (exact) mass is 224 g/mol. The lowest BCUT2D eigenvalue weighted by Crippen LogP contribution is -1.93. The van der Waals surface area contributed by atoms with Gasteiger partial charge in [0.25, 0.3) is 0 Å². The first kappa shape index (κ1) is 13.1. The average molecular weight is 224 g/mol. The molecule has 0 N–H and O–H groups in total. The average Bonchev–Trinajstić information content (AvgIpc) is 2.19. The Labute approximate surface area is 82.6 Å². The zero-order valence-corrected chi connectivity index (χ0v) is 9.00. The minimum Gasteiger partial charge on any atom is -0.399 e. The molecule has 14 heavy (non-hydrogen) atoms. The van der Waals surface area contributed by atoms with Crippen LogP contribution in [0.5, 0.6) is 0 Å². The predicted molar refractivity (Wildman–Crippen MR) is 51.9 cm³/mol. The molecule has 0 aliphatic carbocycles.